The first-order valence-corrected chi connectivity index (χ1v) is 10.6. The van der Waals surface area contributed by atoms with E-state index >= 15 is 0 Å². The molecule has 5 heteroatoms. The third-order valence-corrected chi connectivity index (χ3v) is 4.64. The standard InChI is InChI=1S/C20H29IO4/c1-16(22)24-19-12-13-20(25-17(2)23)18(15-19)11-9-7-5-3-4-6-8-10-14-21/h12-13,15H,3-11,14H2,1-2H3. The van der Waals surface area contributed by atoms with E-state index in [1.54, 1.807) is 18.2 Å². The van der Waals surface area contributed by atoms with E-state index in [0.717, 1.165) is 24.8 Å². The van der Waals surface area contributed by atoms with Gasteiger partial charge in [0, 0.05) is 13.8 Å². The van der Waals surface area contributed by atoms with Gasteiger partial charge in [-0.2, -0.15) is 0 Å². The quantitative estimate of drug-likeness (QED) is 0.133. The first-order chi connectivity index (χ1) is 12.0. The lowest BCUT2D eigenvalue weighted by Gasteiger charge is -2.11. The zero-order valence-corrected chi connectivity index (χ0v) is 17.5. The Morgan fingerprint density at radius 1 is 0.840 bits per heavy atom. The van der Waals surface area contributed by atoms with Gasteiger partial charge in [-0.05, 0) is 47.5 Å². The molecule has 0 atom stereocenters. The number of ether oxygens (including phenoxy) is 2. The van der Waals surface area contributed by atoms with Crippen molar-refractivity contribution in [2.75, 3.05) is 4.43 Å². The molecule has 0 saturated carbocycles. The highest BCUT2D eigenvalue weighted by atomic mass is 127. The molecule has 0 N–H and O–H groups in total. The summed E-state index contributed by atoms with van der Waals surface area (Å²) in [7, 11) is 0. The zero-order chi connectivity index (χ0) is 18.5. The summed E-state index contributed by atoms with van der Waals surface area (Å²) in [5.74, 6) is 0.359. The van der Waals surface area contributed by atoms with E-state index in [9.17, 15) is 9.59 Å². The number of aryl methyl sites for hydroxylation is 1. The number of esters is 2. The fourth-order valence-corrected chi connectivity index (χ4v) is 3.25. The number of hydrogen-bond donors (Lipinski definition) is 0. The molecule has 0 unspecified atom stereocenters. The SMILES string of the molecule is CC(=O)Oc1ccc(OC(C)=O)c(CCCCCCCCCCI)c1. The Balaban J connectivity index is 2.43. The van der Waals surface area contributed by atoms with Gasteiger partial charge >= 0.3 is 11.9 Å². The van der Waals surface area contributed by atoms with Crippen LogP contribution >= 0.6 is 22.6 Å². The largest absolute Gasteiger partial charge is 0.427 e. The topological polar surface area (TPSA) is 52.6 Å². The first-order valence-electron chi connectivity index (χ1n) is 9.08. The number of benzene rings is 1. The molecule has 0 heterocycles. The second kappa shape index (κ2) is 13.1. The van der Waals surface area contributed by atoms with E-state index in [0.29, 0.717) is 11.5 Å². The Morgan fingerprint density at radius 2 is 1.40 bits per heavy atom. The molecule has 0 spiro atoms. The smallest absolute Gasteiger partial charge is 0.308 e. The number of carbonyl (C=O) groups is 2. The summed E-state index contributed by atoms with van der Waals surface area (Å²) in [5.41, 5.74) is 0.913. The summed E-state index contributed by atoms with van der Waals surface area (Å²) < 4.78 is 11.6. The molecule has 0 fully saturated rings. The fraction of sp³-hybridized carbons (Fsp3) is 0.600. The second-order valence-corrected chi connectivity index (χ2v) is 7.30. The molecule has 0 aromatic heterocycles. The third-order valence-electron chi connectivity index (χ3n) is 3.88. The highest BCUT2D eigenvalue weighted by Crippen LogP contribution is 2.26. The van der Waals surface area contributed by atoms with Gasteiger partial charge in [0.1, 0.15) is 11.5 Å². The van der Waals surface area contributed by atoms with Crippen molar-refractivity contribution in [3.05, 3.63) is 23.8 Å². The Bertz CT molecular complexity index is 542. The van der Waals surface area contributed by atoms with Crippen molar-refractivity contribution < 1.29 is 19.1 Å². The molecular weight excluding hydrogens is 431 g/mol. The molecule has 0 saturated heterocycles. The van der Waals surface area contributed by atoms with Crippen LogP contribution in [-0.4, -0.2) is 16.4 Å². The van der Waals surface area contributed by atoms with Crippen LogP contribution in [0.15, 0.2) is 18.2 Å². The van der Waals surface area contributed by atoms with Crippen molar-refractivity contribution in [2.45, 2.75) is 71.6 Å². The summed E-state index contributed by atoms with van der Waals surface area (Å²) in [4.78, 5) is 22.3. The monoisotopic (exact) mass is 460 g/mol. The molecule has 4 nitrogen and oxygen atoms in total. The molecular formula is C20H29IO4. The van der Waals surface area contributed by atoms with E-state index in [1.807, 2.05) is 0 Å². The Labute approximate surface area is 164 Å². The molecule has 1 aromatic rings. The maximum atomic E-state index is 11.2. The lowest BCUT2D eigenvalue weighted by molar-refractivity contribution is -0.133. The first kappa shape index (κ1) is 21.9. The molecule has 1 rings (SSSR count). The highest BCUT2D eigenvalue weighted by Gasteiger charge is 2.09. The summed E-state index contributed by atoms with van der Waals surface area (Å²) in [6, 6.07) is 5.14. The number of alkyl halides is 1. The summed E-state index contributed by atoms with van der Waals surface area (Å²) in [6.45, 7) is 2.77. The van der Waals surface area contributed by atoms with Crippen molar-refractivity contribution in [1.29, 1.82) is 0 Å². The summed E-state index contributed by atoms with van der Waals surface area (Å²) in [6.07, 6.45) is 10.8. The lowest BCUT2D eigenvalue weighted by Crippen LogP contribution is -2.06. The number of carbonyl (C=O) groups excluding carboxylic acids is 2. The average molecular weight is 460 g/mol. The van der Waals surface area contributed by atoms with Crippen LogP contribution in [0.1, 0.15) is 70.8 Å². The molecule has 0 bridgehead atoms. The Kier molecular flexibility index (Phi) is 11.5. The van der Waals surface area contributed by atoms with Crippen LogP contribution in [0.4, 0.5) is 0 Å². The molecule has 1 aromatic carbocycles. The van der Waals surface area contributed by atoms with Gasteiger partial charge in [-0.25, -0.2) is 0 Å². The van der Waals surface area contributed by atoms with Crippen LogP contribution in [0.25, 0.3) is 0 Å². The number of unbranched alkanes of at least 4 members (excludes halogenated alkanes) is 7. The van der Waals surface area contributed by atoms with Gasteiger partial charge in [0.05, 0.1) is 0 Å². The zero-order valence-electron chi connectivity index (χ0n) is 15.3. The second-order valence-electron chi connectivity index (χ2n) is 6.22. The summed E-state index contributed by atoms with van der Waals surface area (Å²) >= 11 is 2.43. The van der Waals surface area contributed by atoms with Gasteiger partial charge in [0.25, 0.3) is 0 Å². The molecule has 0 aliphatic rings. The van der Waals surface area contributed by atoms with Gasteiger partial charge in [-0.1, -0.05) is 61.1 Å². The minimum Gasteiger partial charge on any atom is -0.427 e. The van der Waals surface area contributed by atoms with E-state index in [-0.39, 0.29) is 11.9 Å². The van der Waals surface area contributed by atoms with Crippen LogP contribution < -0.4 is 9.47 Å². The Morgan fingerprint density at radius 3 is 1.96 bits per heavy atom. The van der Waals surface area contributed by atoms with E-state index in [1.165, 1.54) is 56.8 Å². The number of hydrogen-bond acceptors (Lipinski definition) is 4. The predicted molar refractivity (Wildman–Crippen MR) is 109 cm³/mol. The Hall–Kier alpha value is -1.11. The van der Waals surface area contributed by atoms with Crippen molar-refractivity contribution in [3.8, 4) is 11.5 Å². The van der Waals surface area contributed by atoms with Crippen molar-refractivity contribution in [2.24, 2.45) is 0 Å². The minimum atomic E-state index is -0.353. The number of halogens is 1. The minimum absolute atomic E-state index is 0.340. The maximum absolute atomic E-state index is 11.2. The van der Waals surface area contributed by atoms with Gasteiger partial charge in [0.2, 0.25) is 0 Å². The molecule has 0 aliphatic heterocycles. The van der Waals surface area contributed by atoms with Gasteiger partial charge in [0.15, 0.2) is 0 Å². The molecule has 25 heavy (non-hydrogen) atoms. The molecule has 0 amide bonds. The van der Waals surface area contributed by atoms with Crippen LogP contribution in [0, 0.1) is 0 Å². The van der Waals surface area contributed by atoms with Crippen molar-refractivity contribution in [3.63, 3.8) is 0 Å². The predicted octanol–water partition coefficient (Wildman–Crippen LogP) is 5.64. The molecule has 0 aliphatic carbocycles. The molecule has 0 radical (unpaired) electrons. The van der Waals surface area contributed by atoms with E-state index in [2.05, 4.69) is 22.6 Å². The third kappa shape index (κ3) is 10.5. The van der Waals surface area contributed by atoms with Crippen LogP contribution in [0.3, 0.4) is 0 Å². The summed E-state index contributed by atoms with van der Waals surface area (Å²) in [5, 5.41) is 0. The normalized spacial score (nSPS) is 10.5. The average Bonchev–Trinajstić information content (AvgIpc) is 2.54. The van der Waals surface area contributed by atoms with Crippen molar-refractivity contribution >= 4 is 34.5 Å². The van der Waals surface area contributed by atoms with Gasteiger partial charge < -0.3 is 9.47 Å². The van der Waals surface area contributed by atoms with E-state index in [4.69, 9.17) is 9.47 Å². The number of rotatable bonds is 12. The maximum Gasteiger partial charge on any atom is 0.308 e. The van der Waals surface area contributed by atoms with Gasteiger partial charge in [-0.3, -0.25) is 9.59 Å². The lowest BCUT2D eigenvalue weighted by atomic mass is 10.0. The van der Waals surface area contributed by atoms with Crippen molar-refractivity contribution in [1.82, 2.24) is 0 Å². The fourth-order valence-electron chi connectivity index (χ4n) is 2.71. The van der Waals surface area contributed by atoms with E-state index < -0.39 is 0 Å². The molecule has 140 valence electrons. The highest BCUT2D eigenvalue weighted by molar-refractivity contribution is 14.1. The van der Waals surface area contributed by atoms with Crippen LogP contribution in [0.5, 0.6) is 11.5 Å². The van der Waals surface area contributed by atoms with Crippen LogP contribution in [-0.2, 0) is 16.0 Å². The van der Waals surface area contributed by atoms with Crippen LogP contribution in [0.2, 0.25) is 0 Å². The van der Waals surface area contributed by atoms with Gasteiger partial charge in [-0.15, -0.1) is 0 Å².